The van der Waals surface area contributed by atoms with Crippen molar-refractivity contribution in [2.45, 2.75) is 31.7 Å². The van der Waals surface area contributed by atoms with Gasteiger partial charge in [-0.25, -0.2) is 4.98 Å². The molecule has 120 valence electrons. The van der Waals surface area contributed by atoms with Crippen molar-refractivity contribution in [2.24, 2.45) is 0 Å². The molecular weight excluding hydrogens is 356 g/mol. The van der Waals surface area contributed by atoms with E-state index in [0.717, 1.165) is 28.4 Å². The van der Waals surface area contributed by atoms with Crippen LogP contribution in [0.3, 0.4) is 0 Å². The van der Waals surface area contributed by atoms with Crippen LogP contribution in [-0.2, 0) is 16.8 Å². The Morgan fingerprint density at radius 2 is 2.17 bits per heavy atom. The van der Waals surface area contributed by atoms with Gasteiger partial charge in [-0.2, -0.15) is 0 Å². The van der Waals surface area contributed by atoms with E-state index in [-0.39, 0.29) is 11.3 Å². The number of hydrogen-bond acceptors (Lipinski definition) is 3. The molecule has 0 aliphatic heterocycles. The van der Waals surface area contributed by atoms with Crippen molar-refractivity contribution in [3.05, 3.63) is 58.2 Å². The summed E-state index contributed by atoms with van der Waals surface area (Å²) in [4.78, 5) is 16.8. The van der Waals surface area contributed by atoms with Crippen LogP contribution >= 0.6 is 15.9 Å². The van der Waals surface area contributed by atoms with Gasteiger partial charge >= 0.3 is 0 Å². The van der Waals surface area contributed by atoms with Crippen molar-refractivity contribution in [1.82, 2.24) is 10.3 Å². The highest BCUT2D eigenvalue weighted by Gasteiger charge is 2.51. The van der Waals surface area contributed by atoms with Gasteiger partial charge in [0.2, 0.25) is 11.8 Å². The van der Waals surface area contributed by atoms with Gasteiger partial charge in [0.15, 0.2) is 0 Å². The number of rotatable bonds is 6. The van der Waals surface area contributed by atoms with E-state index in [4.69, 9.17) is 4.74 Å². The zero-order valence-electron chi connectivity index (χ0n) is 13.0. The summed E-state index contributed by atoms with van der Waals surface area (Å²) < 4.78 is 6.39. The van der Waals surface area contributed by atoms with Crippen LogP contribution in [0.15, 0.2) is 47.1 Å². The average molecular weight is 375 g/mol. The molecule has 0 bridgehead atoms. The normalized spacial score (nSPS) is 15.0. The number of benzene rings is 1. The SMILES string of the molecule is CCOc1cc(CNC(=O)C2(c3cccc(Br)c3)CC2)ccn1. The average Bonchev–Trinajstić information content (AvgIpc) is 3.35. The minimum Gasteiger partial charge on any atom is -0.478 e. The van der Waals surface area contributed by atoms with E-state index in [2.05, 4.69) is 26.2 Å². The molecule has 0 atom stereocenters. The predicted octanol–water partition coefficient (Wildman–Crippen LogP) is 3.59. The summed E-state index contributed by atoms with van der Waals surface area (Å²) in [6.07, 6.45) is 3.50. The Morgan fingerprint density at radius 1 is 1.35 bits per heavy atom. The Kier molecular flexibility index (Phi) is 4.66. The number of halogens is 1. The maximum atomic E-state index is 12.6. The summed E-state index contributed by atoms with van der Waals surface area (Å²) in [5, 5.41) is 3.05. The van der Waals surface area contributed by atoms with E-state index in [1.54, 1.807) is 6.20 Å². The molecule has 1 aliphatic carbocycles. The van der Waals surface area contributed by atoms with Crippen molar-refractivity contribution >= 4 is 21.8 Å². The standard InChI is InChI=1S/C18H19BrN2O2/c1-2-23-16-10-13(6-9-20-16)12-21-17(22)18(7-8-18)14-4-3-5-15(19)11-14/h3-6,9-11H,2,7-8,12H2,1H3,(H,21,22). The largest absolute Gasteiger partial charge is 0.478 e. The van der Waals surface area contributed by atoms with Gasteiger partial charge in [-0.15, -0.1) is 0 Å². The molecule has 0 spiro atoms. The van der Waals surface area contributed by atoms with Gasteiger partial charge in [0.25, 0.3) is 0 Å². The second kappa shape index (κ2) is 6.71. The Bertz CT molecular complexity index is 714. The highest BCUT2D eigenvalue weighted by molar-refractivity contribution is 9.10. The van der Waals surface area contributed by atoms with Crippen LogP contribution in [0, 0.1) is 0 Å². The molecule has 0 radical (unpaired) electrons. The number of carbonyl (C=O) groups is 1. The number of pyridine rings is 1. The van der Waals surface area contributed by atoms with Crippen LogP contribution in [0.1, 0.15) is 30.9 Å². The summed E-state index contributed by atoms with van der Waals surface area (Å²) in [6.45, 7) is 2.98. The third-order valence-corrected chi connectivity index (χ3v) is 4.60. The Labute approximate surface area is 144 Å². The molecule has 5 heteroatoms. The van der Waals surface area contributed by atoms with Crippen LogP contribution in [0.5, 0.6) is 5.88 Å². The maximum absolute atomic E-state index is 12.6. The van der Waals surface area contributed by atoms with Crippen LogP contribution in [-0.4, -0.2) is 17.5 Å². The number of nitrogens with zero attached hydrogens (tertiary/aromatic N) is 1. The first-order valence-electron chi connectivity index (χ1n) is 7.76. The fourth-order valence-electron chi connectivity index (χ4n) is 2.70. The molecule has 1 aromatic heterocycles. The topological polar surface area (TPSA) is 51.2 Å². The summed E-state index contributed by atoms with van der Waals surface area (Å²) in [7, 11) is 0. The van der Waals surface area contributed by atoms with E-state index in [0.29, 0.717) is 19.0 Å². The Balaban J connectivity index is 1.67. The molecule has 4 nitrogen and oxygen atoms in total. The number of hydrogen-bond donors (Lipinski definition) is 1. The van der Waals surface area contributed by atoms with Crippen LogP contribution in [0.25, 0.3) is 0 Å². The number of nitrogens with one attached hydrogen (secondary N) is 1. The summed E-state index contributed by atoms with van der Waals surface area (Å²) in [6, 6.07) is 11.8. The first kappa shape index (κ1) is 16.0. The Morgan fingerprint density at radius 3 is 2.87 bits per heavy atom. The van der Waals surface area contributed by atoms with Crippen molar-refractivity contribution in [2.75, 3.05) is 6.61 Å². The minimum absolute atomic E-state index is 0.0883. The predicted molar refractivity (Wildman–Crippen MR) is 92.3 cm³/mol. The van der Waals surface area contributed by atoms with Crippen molar-refractivity contribution in [3.63, 3.8) is 0 Å². The van der Waals surface area contributed by atoms with Gasteiger partial charge in [-0.3, -0.25) is 4.79 Å². The van der Waals surface area contributed by atoms with Crippen LogP contribution < -0.4 is 10.1 Å². The van der Waals surface area contributed by atoms with Gasteiger partial charge in [-0.1, -0.05) is 28.1 Å². The quantitative estimate of drug-likeness (QED) is 0.840. The second-order valence-corrected chi connectivity index (χ2v) is 6.63. The molecule has 1 amide bonds. The minimum atomic E-state index is -0.362. The van der Waals surface area contributed by atoms with Gasteiger partial charge in [0, 0.05) is 23.3 Å². The van der Waals surface area contributed by atoms with E-state index >= 15 is 0 Å². The van der Waals surface area contributed by atoms with Crippen molar-refractivity contribution < 1.29 is 9.53 Å². The molecule has 1 heterocycles. The van der Waals surface area contributed by atoms with Gasteiger partial charge < -0.3 is 10.1 Å². The fourth-order valence-corrected chi connectivity index (χ4v) is 3.10. The maximum Gasteiger partial charge on any atom is 0.230 e. The number of aromatic nitrogens is 1. The third kappa shape index (κ3) is 3.55. The van der Waals surface area contributed by atoms with Gasteiger partial charge in [0.1, 0.15) is 0 Å². The molecule has 1 aliphatic rings. The zero-order valence-corrected chi connectivity index (χ0v) is 14.6. The lowest BCUT2D eigenvalue weighted by molar-refractivity contribution is -0.123. The second-order valence-electron chi connectivity index (χ2n) is 5.71. The van der Waals surface area contributed by atoms with Gasteiger partial charge in [-0.05, 0) is 49.1 Å². The third-order valence-electron chi connectivity index (χ3n) is 4.11. The molecule has 1 fully saturated rings. The van der Waals surface area contributed by atoms with E-state index in [9.17, 15) is 4.79 Å². The van der Waals surface area contributed by atoms with Crippen LogP contribution in [0.2, 0.25) is 0 Å². The molecule has 1 saturated carbocycles. The zero-order chi connectivity index (χ0) is 16.3. The Hall–Kier alpha value is -1.88. The van der Waals surface area contributed by atoms with Crippen molar-refractivity contribution in [3.8, 4) is 5.88 Å². The summed E-state index contributed by atoms with van der Waals surface area (Å²) in [5.74, 6) is 0.678. The lowest BCUT2D eigenvalue weighted by Crippen LogP contribution is -2.34. The highest BCUT2D eigenvalue weighted by Crippen LogP contribution is 2.48. The van der Waals surface area contributed by atoms with Crippen LogP contribution in [0.4, 0.5) is 0 Å². The van der Waals surface area contributed by atoms with E-state index < -0.39 is 0 Å². The molecular formula is C18H19BrN2O2. The summed E-state index contributed by atoms with van der Waals surface area (Å²) in [5.41, 5.74) is 1.70. The number of amides is 1. The van der Waals surface area contributed by atoms with Gasteiger partial charge in [0.05, 0.1) is 12.0 Å². The lowest BCUT2D eigenvalue weighted by atomic mass is 9.95. The number of ether oxygens (including phenoxy) is 1. The lowest BCUT2D eigenvalue weighted by Gasteiger charge is -2.16. The smallest absolute Gasteiger partial charge is 0.230 e. The first-order valence-corrected chi connectivity index (χ1v) is 8.55. The summed E-state index contributed by atoms with van der Waals surface area (Å²) >= 11 is 3.48. The van der Waals surface area contributed by atoms with Crippen molar-refractivity contribution in [1.29, 1.82) is 0 Å². The monoisotopic (exact) mass is 374 g/mol. The molecule has 23 heavy (non-hydrogen) atoms. The molecule has 1 N–H and O–H groups in total. The first-order chi connectivity index (χ1) is 11.1. The van der Waals surface area contributed by atoms with E-state index in [1.807, 2.05) is 43.3 Å². The number of carbonyl (C=O) groups excluding carboxylic acids is 1. The molecule has 0 saturated heterocycles. The molecule has 0 unspecified atom stereocenters. The fraction of sp³-hybridized carbons (Fsp3) is 0.333. The highest BCUT2D eigenvalue weighted by atomic mass is 79.9. The molecule has 2 aromatic rings. The molecule has 3 rings (SSSR count). The molecule has 1 aromatic carbocycles. The van der Waals surface area contributed by atoms with E-state index in [1.165, 1.54) is 0 Å².